The lowest BCUT2D eigenvalue weighted by atomic mass is 10.1. The molecule has 0 aliphatic carbocycles. The largest absolute Gasteiger partial charge is 0.444 e. The van der Waals surface area contributed by atoms with Crippen LogP contribution in [0.1, 0.15) is 77.6 Å². The summed E-state index contributed by atoms with van der Waals surface area (Å²) in [7, 11) is 0. The van der Waals surface area contributed by atoms with Crippen LogP contribution >= 0.6 is 23.2 Å². The van der Waals surface area contributed by atoms with Gasteiger partial charge in [0.05, 0.1) is 18.0 Å². The van der Waals surface area contributed by atoms with E-state index in [1.54, 1.807) is 37.2 Å². The van der Waals surface area contributed by atoms with Crippen molar-refractivity contribution in [3.8, 4) is 0 Å². The number of ether oxygens (including phenoxy) is 2. The number of carbonyl (C=O) groups excluding carboxylic acids is 3. The number of nitrogens with one attached hydrogen (secondary N) is 2. The summed E-state index contributed by atoms with van der Waals surface area (Å²) in [6.45, 7) is 13.7. The van der Waals surface area contributed by atoms with Gasteiger partial charge in [-0.15, -0.1) is 0 Å². The zero-order chi connectivity index (χ0) is 36.2. The molecule has 4 aromatic heterocycles. The number of nitrogens with zero attached hydrogens (tertiary/aromatic N) is 8. The van der Waals surface area contributed by atoms with Crippen LogP contribution in [-0.4, -0.2) is 107 Å². The molecule has 2 fully saturated rings. The molecule has 6 heterocycles. The molecule has 2 aliphatic heterocycles. The smallest absolute Gasteiger partial charge is 0.410 e. The van der Waals surface area contributed by atoms with Crippen molar-refractivity contribution in [2.45, 2.75) is 90.5 Å². The Bertz CT molecular complexity index is 1820. The summed E-state index contributed by atoms with van der Waals surface area (Å²) < 4.78 is 14.1. The Labute approximate surface area is 300 Å². The summed E-state index contributed by atoms with van der Waals surface area (Å²) in [4.78, 5) is 47.2. The van der Waals surface area contributed by atoms with E-state index in [1.807, 2.05) is 47.6 Å². The Kier molecular flexibility index (Phi) is 11.3. The number of aromatic nitrogens is 6. The van der Waals surface area contributed by atoms with Crippen molar-refractivity contribution in [1.29, 1.82) is 0 Å². The molecule has 0 radical (unpaired) electrons. The highest BCUT2D eigenvalue weighted by Gasteiger charge is 2.29. The number of amides is 2. The third kappa shape index (κ3) is 9.65. The van der Waals surface area contributed by atoms with E-state index in [2.05, 4.69) is 30.8 Å². The van der Waals surface area contributed by atoms with Crippen molar-refractivity contribution in [3.63, 3.8) is 0 Å². The van der Waals surface area contributed by atoms with Crippen LogP contribution in [0.25, 0.3) is 11.3 Å². The fourth-order valence-corrected chi connectivity index (χ4v) is 5.98. The first-order valence-electron chi connectivity index (χ1n) is 16.6. The van der Waals surface area contributed by atoms with Crippen molar-refractivity contribution in [2.75, 3.05) is 36.8 Å². The van der Waals surface area contributed by atoms with E-state index in [0.29, 0.717) is 60.3 Å². The third-order valence-corrected chi connectivity index (χ3v) is 8.31. The predicted octanol–water partition coefficient (Wildman–Crippen LogP) is 6.20. The lowest BCUT2D eigenvalue weighted by Gasteiger charge is -2.34. The Morgan fingerprint density at radius 3 is 1.74 bits per heavy atom. The summed E-state index contributed by atoms with van der Waals surface area (Å²) in [6, 6.07) is 5.65. The summed E-state index contributed by atoms with van der Waals surface area (Å²) in [5.74, 6) is 1.48. The van der Waals surface area contributed by atoms with Gasteiger partial charge in [-0.2, -0.15) is 19.2 Å². The van der Waals surface area contributed by atoms with Gasteiger partial charge in [-0.25, -0.2) is 19.6 Å². The van der Waals surface area contributed by atoms with E-state index in [1.165, 1.54) is 6.20 Å². The van der Waals surface area contributed by atoms with Crippen molar-refractivity contribution < 1.29 is 23.9 Å². The van der Waals surface area contributed by atoms with Gasteiger partial charge in [0, 0.05) is 56.5 Å². The van der Waals surface area contributed by atoms with Crippen LogP contribution in [0, 0.1) is 0 Å². The van der Waals surface area contributed by atoms with Crippen molar-refractivity contribution in [3.05, 3.63) is 46.5 Å². The van der Waals surface area contributed by atoms with Crippen LogP contribution < -0.4 is 10.6 Å². The zero-order valence-corrected chi connectivity index (χ0v) is 30.7. The second-order valence-corrected chi connectivity index (χ2v) is 15.0. The summed E-state index contributed by atoms with van der Waals surface area (Å²) in [5, 5.41) is 16.0. The summed E-state index contributed by atoms with van der Waals surface area (Å²) in [6.07, 6.45) is 6.52. The Morgan fingerprint density at radius 1 is 0.780 bits per heavy atom. The van der Waals surface area contributed by atoms with Gasteiger partial charge in [-0.3, -0.25) is 4.79 Å². The molecular weight excluding hydrogens is 687 g/mol. The number of likely N-dealkylation sites (tertiary alicyclic amines) is 2. The topological polar surface area (TPSA) is 161 Å². The van der Waals surface area contributed by atoms with Crippen molar-refractivity contribution in [1.82, 2.24) is 39.0 Å². The number of rotatable bonds is 5. The molecule has 0 atom stereocenters. The molecule has 50 heavy (non-hydrogen) atoms. The van der Waals surface area contributed by atoms with Crippen LogP contribution in [0.5, 0.6) is 0 Å². The molecule has 0 unspecified atom stereocenters. The van der Waals surface area contributed by atoms with Crippen LogP contribution in [-0.2, 0) is 9.47 Å². The molecule has 270 valence electrons. The lowest BCUT2D eigenvalue weighted by Crippen LogP contribution is -2.44. The molecule has 6 rings (SSSR count). The highest BCUT2D eigenvalue weighted by Crippen LogP contribution is 2.24. The number of carbonyl (C=O) groups is 3. The van der Waals surface area contributed by atoms with E-state index in [4.69, 9.17) is 32.7 Å². The Hall–Kier alpha value is -4.37. The van der Waals surface area contributed by atoms with Gasteiger partial charge in [-0.1, -0.05) is 23.2 Å². The number of anilines is 2. The molecule has 0 spiro atoms. The maximum Gasteiger partial charge on any atom is 0.410 e. The highest BCUT2D eigenvalue weighted by molar-refractivity contribution is 6.30. The minimum Gasteiger partial charge on any atom is -0.444 e. The number of hydrogen-bond donors (Lipinski definition) is 2. The highest BCUT2D eigenvalue weighted by atomic mass is 35.5. The Balaban J connectivity index is 0.000000195. The standard InChI is InChI=1S/C17H22ClN5O3.C16H22ClN5O2/c1-17(2,3)26-16(25)22-6-4-12(5-7-22)20-14-8-13(18)21-15-11(10-24)9-19-23(14)15;1-16(2,3)24-15(23)21-8-5-11(6-9-21)19-14-10-12(17)20-13-4-7-18-22(13)14/h8-10,12,20H,4-7H2,1-3H3;4,7,10-11,19H,5-6,8-9H2,1-3H3. The van der Waals surface area contributed by atoms with Gasteiger partial charge >= 0.3 is 12.2 Å². The minimum atomic E-state index is -0.498. The van der Waals surface area contributed by atoms with Gasteiger partial charge in [0.2, 0.25) is 0 Å². The first kappa shape index (κ1) is 36.9. The van der Waals surface area contributed by atoms with Gasteiger partial charge in [0.15, 0.2) is 17.6 Å². The molecule has 2 saturated heterocycles. The number of halogens is 2. The van der Waals surface area contributed by atoms with Gasteiger partial charge in [0.1, 0.15) is 33.1 Å². The van der Waals surface area contributed by atoms with E-state index in [-0.39, 0.29) is 29.4 Å². The van der Waals surface area contributed by atoms with Crippen molar-refractivity contribution in [2.24, 2.45) is 0 Å². The first-order chi connectivity index (χ1) is 23.6. The molecule has 0 aromatic carbocycles. The van der Waals surface area contributed by atoms with E-state index in [0.717, 1.165) is 31.5 Å². The van der Waals surface area contributed by atoms with Gasteiger partial charge < -0.3 is 29.9 Å². The molecular formula is C33H44Cl2N10O5. The Morgan fingerprint density at radius 2 is 1.26 bits per heavy atom. The number of piperidine rings is 2. The lowest BCUT2D eigenvalue weighted by molar-refractivity contribution is 0.0199. The summed E-state index contributed by atoms with van der Waals surface area (Å²) in [5.41, 5.74) is 0.542. The van der Waals surface area contributed by atoms with E-state index >= 15 is 0 Å². The molecule has 2 N–H and O–H groups in total. The fourth-order valence-electron chi connectivity index (χ4n) is 5.61. The fraction of sp³-hybridized carbons (Fsp3) is 0.545. The average molecular weight is 732 g/mol. The third-order valence-electron chi connectivity index (χ3n) is 7.92. The van der Waals surface area contributed by atoms with Crippen LogP contribution in [0.2, 0.25) is 10.3 Å². The maximum absolute atomic E-state index is 12.1. The normalized spacial score (nSPS) is 16.2. The van der Waals surface area contributed by atoms with Gasteiger partial charge in [-0.05, 0) is 67.2 Å². The molecule has 4 aromatic rings. The maximum atomic E-state index is 12.1. The second-order valence-electron chi connectivity index (χ2n) is 14.3. The van der Waals surface area contributed by atoms with Crippen LogP contribution in [0.3, 0.4) is 0 Å². The molecule has 2 aliphatic rings. The molecule has 2 amide bonds. The zero-order valence-electron chi connectivity index (χ0n) is 29.2. The quantitative estimate of drug-likeness (QED) is 0.178. The van der Waals surface area contributed by atoms with Gasteiger partial charge in [0.25, 0.3) is 0 Å². The molecule has 17 heteroatoms. The molecule has 0 saturated carbocycles. The van der Waals surface area contributed by atoms with Crippen LogP contribution in [0.15, 0.2) is 30.6 Å². The number of hydrogen-bond acceptors (Lipinski definition) is 11. The first-order valence-corrected chi connectivity index (χ1v) is 17.3. The number of fused-ring (bicyclic) bond motifs is 2. The predicted molar refractivity (Wildman–Crippen MR) is 190 cm³/mol. The monoisotopic (exact) mass is 730 g/mol. The SMILES string of the molecule is CC(C)(C)OC(=O)N1CCC(Nc2cc(Cl)nc3c(C=O)cnn23)CC1.CC(C)(C)OC(=O)N1CCC(Nc2cc(Cl)nc3ccnn23)CC1. The minimum absolute atomic E-state index is 0.152. The average Bonchev–Trinajstić information content (AvgIpc) is 3.67. The van der Waals surface area contributed by atoms with Crippen LogP contribution in [0.4, 0.5) is 21.2 Å². The summed E-state index contributed by atoms with van der Waals surface area (Å²) >= 11 is 12.1. The molecule has 15 nitrogen and oxygen atoms in total. The van der Waals surface area contributed by atoms with E-state index in [9.17, 15) is 14.4 Å². The number of aldehydes is 1. The van der Waals surface area contributed by atoms with Crippen molar-refractivity contribution >= 4 is 64.6 Å². The second kappa shape index (κ2) is 15.3. The van der Waals surface area contributed by atoms with E-state index < -0.39 is 11.2 Å². The molecule has 0 bridgehead atoms.